The molecule has 3 rings (SSSR count). The van der Waals surface area contributed by atoms with Gasteiger partial charge >= 0.3 is 0 Å². The Morgan fingerprint density at radius 2 is 2.12 bits per heavy atom. The summed E-state index contributed by atoms with van der Waals surface area (Å²) >= 11 is 6.20. The zero-order chi connectivity index (χ0) is 17.6. The maximum absolute atomic E-state index is 12.5. The smallest absolute Gasteiger partial charge is 0.251 e. The van der Waals surface area contributed by atoms with Gasteiger partial charge in [0, 0.05) is 35.4 Å². The molecule has 25 heavy (non-hydrogen) atoms. The van der Waals surface area contributed by atoms with E-state index in [1.165, 1.54) is 6.33 Å². The molecule has 1 unspecified atom stereocenters. The van der Waals surface area contributed by atoms with Crippen molar-refractivity contribution in [1.29, 1.82) is 0 Å². The van der Waals surface area contributed by atoms with Crippen LogP contribution in [0.2, 0.25) is 5.02 Å². The molecule has 1 atom stereocenters. The van der Waals surface area contributed by atoms with Crippen molar-refractivity contribution in [2.75, 3.05) is 13.7 Å². The summed E-state index contributed by atoms with van der Waals surface area (Å²) in [6.45, 7) is 0.311. The number of hydrogen-bond acceptors (Lipinski definition) is 4. The lowest BCUT2D eigenvalue weighted by Gasteiger charge is -2.18. The van der Waals surface area contributed by atoms with Crippen molar-refractivity contribution < 1.29 is 9.53 Å². The van der Waals surface area contributed by atoms with Crippen LogP contribution in [0.4, 0.5) is 0 Å². The number of H-pyrrole nitrogens is 1. The summed E-state index contributed by atoms with van der Waals surface area (Å²) in [5, 5.41) is 10.1. The van der Waals surface area contributed by atoms with Gasteiger partial charge in [-0.2, -0.15) is 5.10 Å². The van der Waals surface area contributed by atoms with Crippen LogP contribution in [0, 0.1) is 0 Å². The first-order valence-electron chi connectivity index (χ1n) is 7.70. The standard InChI is InChI=1S/C18H17ClN4O2/c1-25-16(14-7-2-3-8-15(14)19)10-20-18(24)13-6-4-5-12(9-13)17-21-11-22-23-17/h2-9,11,16H,10H2,1H3,(H,20,24)(H,21,22,23). The summed E-state index contributed by atoms with van der Waals surface area (Å²) in [7, 11) is 1.59. The van der Waals surface area contributed by atoms with Crippen LogP contribution in [0.3, 0.4) is 0 Å². The number of nitrogens with one attached hydrogen (secondary N) is 2. The largest absolute Gasteiger partial charge is 0.375 e. The first-order valence-corrected chi connectivity index (χ1v) is 8.08. The van der Waals surface area contributed by atoms with Crippen LogP contribution in [0.25, 0.3) is 11.4 Å². The molecule has 0 saturated carbocycles. The van der Waals surface area contributed by atoms with Crippen LogP contribution in [0.15, 0.2) is 54.9 Å². The zero-order valence-corrected chi connectivity index (χ0v) is 14.3. The summed E-state index contributed by atoms with van der Waals surface area (Å²) in [6, 6.07) is 14.6. The number of ether oxygens (including phenoxy) is 1. The normalized spacial score (nSPS) is 11.9. The Balaban J connectivity index is 1.70. The van der Waals surface area contributed by atoms with Gasteiger partial charge in [-0.15, -0.1) is 0 Å². The van der Waals surface area contributed by atoms with Crippen molar-refractivity contribution in [1.82, 2.24) is 20.5 Å². The second-order valence-corrected chi connectivity index (χ2v) is 5.78. The van der Waals surface area contributed by atoms with E-state index >= 15 is 0 Å². The van der Waals surface area contributed by atoms with E-state index in [9.17, 15) is 4.79 Å². The quantitative estimate of drug-likeness (QED) is 0.710. The number of aromatic nitrogens is 3. The molecule has 0 saturated heterocycles. The van der Waals surface area contributed by atoms with Crippen molar-refractivity contribution in [3.8, 4) is 11.4 Å². The highest BCUT2D eigenvalue weighted by atomic mass is 35.5. The Kier molecular flexibility index (Phi) is 5.42. The lowest BCUT2D eigenvalue weighted by molar-refractivity contribution is 0.0828. The van der Waals surface area contributed by atoms with E-state index in [4.69, 9.17) is 16.3 Å². The Bertz CT molecular complexity index is 852. The molecule has 7 heteroatoms. The van der Waals surface area contributed by atoms with E-state index in [1.54, 1.807) is 31.4 Å². The van der Waals surface area contributed by atoms with Crippen molar-refractivity contribution in [3.63, 3.8) is 0 Å². The average molecular weight is 357 g/mol. The maximum atomic E-state index is 12.5. The van der Waals surface area contributed by atoms with Gasteiger partial charge in [-0.3, -0.25) is 9.89 Å². The molecule has 0 bridgehead atoms. The van der Waals surface area contributed by atoms with Gasteiger partial charge < -0.3 is 10.1 Å². The van der Waals surface area contributed by atoms with E-state index in [-0.39, 0.29) is 12.0 Å². The topological polar surface area (TPSA) is 79.9 Å². The highest BCUT2D eigenvalue weighted by molar-refractivity contribution is 6.31. The number of benzene rings is 2. The molecule has 6 nitrogen and oxygen atoms in total. The van der Waals surface area contributed by atoms with E-state index in [2.05, 4.69) is 20.5 Å². The summed E-state index contributed by atoms with van der Waals surface area (Å²) < 4.78 is 5.46. The molecule has 0 aliphatic rings. The Hall–Kier alpha value is -2.70. The van der Waals surface area contributed by atoms with Crippen LogP contribution < -0.4 is 5.32 Å². The van der Waals surface area contributed by atoms with Gasteiger partial charge in [0.05, 0.1) is 0 Å². The molecule has 0 aliphatic carbocycles. The second kappa shape index (κ2) is 7.92. The van der Waals surface area contributed by atoms with Gasteiger partial charge in [0.25, 0.3) is 5.91 Å². The highest BCUT2D eigenvalue weighted by Crippen LogP contribution is 2.24. The molecule has 1 amide bonds. The zero-order valence-electron chi connectivity index (χ0n) is 13.6. The molecule has 0 aliphatic heterocycles. The van der Waals surface area contributed by atoms with Crippen LogP contribution in [-0.2, 0) is 4.74 Å². The molecular weight excluding hydrogens is 340 g/mol. The van der Waals surface area contributed by atoms with E-state index in [1.807, 2.05) is 24.3 Å². The summed E-state index contributed by atoms with van der Waals surface area (Å²) in [5.74, 6) is 0.413. The first-order chi connectivity index (χ1) is 12.2. The predicted molar refractivity (Wildman–Crippen MR) is 95.4 cm³/mol. The van der Waals surface area contributed by atoms with E-state index in [0.29, 0.717) is 23.0 Å². The average Bonchev–Trinajstić information content (AvgIpc) is 3.18. The lowest BCUT2D eigenvalue weighted by atomic mass is 10.1. The highest BCUT2D eigenvalue weighted by Gasteiger charge is 2.16. The van der Waals surface area contributed by atoms with Crippen molar-refractivity contribution in [3.05, 3.63) is 71.0 Å². The summed E-state index contributed by atoms with van der Waals surface area (Å²) in [5.41, 5.74) is 2.16. The Morgan fingerprint density at radius 3 is 2.84 bits per heavy atom. The number of nitrogens with zero attached hydrogens (tertiary/aromatic N) is 2. The summed E-state index contributed by atoms with van der Waals surface area (Å²) in [6.07, 6.45) is 1.10. The van der Waals surface area contributed by atoms with Crippen LogP contribution in [0.1, 0.15) is 22.0 Å². The van der Waals surface area contributed by atoms with E-state index in [0.717, 1.165) is 11.1 Å². The molecule has 128 valence electrons. The summed E-state index contributed by atoms with van der Waals surface area (Å²) in [4.78, 5) is 16.5. The van der Waals surface area contributed by atoms with Gasteiger partial charge in [0.15, 0.2) is 5.82 Å². The number of carbonyl (C=O) groups excluding carboxylic acids is 1. The molecule has 0 spiro atoms. The molecule has 0 fully saturated rings. The molecule has 1 heterocycles. The van der Waals surface area contributed by atoms with E-state index < -0.39 is 0 Å². The third kappa shape index (κ3) is 4.04. The fraction of sp³-hybridized carbons (Fsp3) is 0.167. The number of amides is 1. The molecule has 0 radical (unpaired) electrons. The van der Waals surface area contributed by atoms with Crippen molar-refractivity contribution in [2.45, 2.75) is 6.10 Å². The number of methoxy groups -OCH3 is 1. The molecule has 2 aromatic carbocycles. The molecule has 1 aromatic heterocycles. The van der Waals surface area contributed by atoms with Gasteiger partial charge in [0.1, 0.15) is 12.4 Å². The van der Waals surface area contributed by atoms with Gasteiger partial charge in [-0.1, -0.05) is 41.9 Å². The fourth-order valence-corrected chi connectivity index (χ4v) is 2.75. The Labute approximate surface area is 150 Å². The maximum Gasteiger partial charge on any atom is 0.251 e. The number of hydrogen-bond donors (Lipinski definition) is 2. The van der Waals surface area contributed by atoms with Crippen LogP contribution in [0.5, 0.6) is 0 Å². The number of carbonyl (C=O) groups is 1. The van der Waals surface area contributed by atoms with Crippen LogP contribution >= 0.6 is 11.6 Å². The third-order valence-corrected chi connectivity index (χ3v) is 4.14. The van der Waals surface area contributed by atoms with Gasteiger partial charge in [-0.05, 0) is 18.2 Å². The SMILES string of the molecule is COC(CNC(=O)c1cccc(-c2ncn[nH]2)c1)c1ccccc1Cl. The first kappa shape index (κ1) is 17.1. The number of halogens is 1. The van der Waals surface area contributed by atoms with Crippen molar-refractivity contribution >= 4 is 17.5 Å². The lowest BCUT2D eigenvalue weighted by Crippen LogP contribution is -2.29. The van der Waals surface area contributed by atoms with Crippen molar-refractivity contribution in [2.24, 2.45) is 0 Å². The number of aromatic amines is 1. The van der Waals surface area contributed by atoms with Gasteiger partial charge in [-0.25, -0.2) is 4.98 Å². The minimum atomic E-state index is -0.324. The predicted octanol–water partition coefficient (Wildman–Crippen LogP) is 3.24. The molecular formula is C18H17ClN4O2. The fourth-order valence-electron chi connectivity index (χ4n) is 2.50. The molecule has 3 aromatic rings. The Morgan fingerprint density at radius 1 is 1.28 bits per heavy atom. The minimum Gasteiger partial charge on any atom is -0.375 e. The molecule has 2 N–H and O–H groups in total. The third-order valence-electron chi connectivity index (χ3n) is 3.80. The number of rotatable bonds is 6. The second-order valence-electron chi connectivity index (χ2n) is 5.37. The van der Waals surface area contributed by atoms with Gasteiger partial charge in [0.2, 0.25) is 0 Å². The monoisotopic (exact) mass is 356 g/mol. The van der Waals surface area contributed by atoms with Crippen LogP contribution in [-0.4, -0.2) is 34.7 Å². The minimum absolute atomic E-state index is 0.199.